The molecule has 0 aromatic heterocycles. The third kappa shape index (κ3) is 2.80. The minimum Gasteiger partial charge on any atom is -0.491 e. The monoisotopic (exact) mass is 298 g/mol. The second-order valence-electron chi connectivity index (χ2n) is 4.27. The van der Waals surface area contributed by atoms with Crippen molar-refractivity contribution in [3.63, 3.8) is 0 Å². The van der Waals surface area contributed by atoms with Crippen molar-refractivity contribution < 1.29 is 21.9 Å². The quantitative estimate of drug-likeness (QED) is 0.874. The highest BCUT2D eigenvalue weighted by molar-refractivity contribution is 7.90. The molecule has 2 aromatic rings. The molecular formula is C14H12F2O3S. The third-order valence-corrected chi connectivity index (χ3v) is 3.95. The van der Waals surface area contributed by atoms with Crippen molar-refractivity contribution in [3.8, 4) is 16.9 Å². The smallest absolute Gasteiger partial charge is 0.190 e. The van der Waals surface area contributed by atoms with Gasteiger partial charge in [0.1, 0.15) is 0 Å². The molecule has 0 saturated heterocycles. The van der Waals surface area contributed by atoms with Crippen molar-refractivity contribution in [2.45, 2.75) is 4.90 Å². The molecule has 0 fully saturated rings. The number of hydrogen-bond donors (Lipinski definition) is 0. The van der Waals surface area contributed by atoms with Gasteiger partial charge in [0.05, 0.1) is 12.0 Å². The Hall–Kier alpha value is -1.95. The molecule has 0 N–H and O–H groups in total. The molecule has 0 amide bonds. The molecule has 0 radical (unpaired) electrons. The average Bonchev–Trinajstić information content (AvgIpc) is 2.37. The fraction of sp³-hybridized carbons (Fsp3) is 0.143. The first-order valence-electron chi connectivity index (χ1n) is 5.66. The van der Waals surface area contributed by atoms with E-state index < -0.39 is 27.2 Å². The lowest BCUT2D eigenvalue weighted by Gasteiger charge is -2.07. The number of sulfone groups is 1. The summed E-state index contributed by atoms with van der Waals surface area (Å²) in [6.45, 7) is 0. The van der Waals surface area contributed by atoms with Crippen molar-refractivity contribution in [3.05, 3.63) is 48.0 Å². The van der Waals surface area contributed by atoms with Crippen molar-refractivity contribution in [2.24, 2.45) is 0 Å². The summed E-state index contributed by atoms with van der Waals surface area (Å²) in [7, 11) is -2.11. The average molecular weight is 298 g/mol. The van der Waals surface area contributed by atoms with E-state index in [1.54, 1.807) is 0 Å². The molecule has 0 heterocycles. The van der Waals surface area contributed by atoms with Crippen LogP contribution in [0, 0.1) is 11.6 Å². The molecule has 0 unspecified atom stereocenters. The summed E-state index contributed by atoms with van der Waals surface area (Å²) in [5, 5.41) is 0. The van der Waals surface area contributed by atoms with E-state index in [9.17, 15) is 17.2 Å². The summed E-state index contributed by atoms with van der Waals surface area (Å²) >= 11 is 0. The Kier molecular flexibility index (Phi) is 3.76. The van der Waals surface area contributed by atoms with Crippen LogP contribution in [0.2, 0.25) is 0 Å². The van der Waals surface area contributed by atoms with Gasteiger partial charge in [-0.25, -0.2) is 17.2 Å². The van der Waals surface area contributed by atoms with Crippen molar-refractivity contribution in [2.75, 3.05) is 13.4 Å². The van der Waals surface area contributed by atoms with Gasteiger partial charge in [-0.2, -0.15) is 0 Å². The first kappa shape index (κ1) is 14.5. The van der Waals surface area contributed by atoms with Gasteiger partial charge in [-0.1, -0.05) is 12.1 Å². The van der Waals surface area contributed by atoms with Gasteiger partial charge >= 0.3 is 0 Å². The summed E-state index contributed by atoms with van der Waals surface area (Å²) in [5.74, 6) is -2.06. The Morgan fingerprint density at radius 2 is 1.45 bits per heavy atom. The van der Waals surface area contributed by atoms with Crippen LogP contribution in [0.25, 0.3) is 11.1 Å². The zero-order valence-electron chi connectivity index (χ0n) is 10.9. The zero-order chi connectivity index (χ0) is 14.9. The molecule has 0 bridgehead atoms. The fourth-order valence-corrected chi connectivity index (χ4v) is 2.45. The molecule has 3 nitrogen and oxygen atoms in total. The van der Waals surface area contributed by atoms with E-state index in [2.05, 4.69) is 4.74 Å². The highest BCUT2D eigenvalue weighted by Crippen LogP contribution is 2.29. The van der Waals surface area contributed by atoms with Crippen molar-refractivity contribution >= 4 is 9.84 Å². The largest absolute Gasteiger partial charge is 0.491 e. The second-order valence-corrected chi connectivity index (χ2v) is 6.29. The lowest BCUT2D eigenvalue weighted by atomic mass is 10.1. The van der Waals surface area contributed by atoms with Crippen LogP contribution in [0.15, 0.2) is 41.3 Å². The molecule has 6 heteroatoms. The van der Waals surface area contributed by atoms with Crippen molar-refractivity contribution in [1.29, 1.82) is 0 Å². The first-order valence-corrected chi connectivity index (χ1v) is 7.55. The topological polar surface area (TPSA) is 43.4 Å². The minimum absolute atomic E-state index is 0.149. The maximum Gasteiger partial charge on any atom is 0.190 e. The molecule has 0 aliphatic carbocycles. The summed E-state index contributed by atoms with van der Waals surface area (Å²) < 4.78 is 54.5. The Bertz CT molecular complexity index is 715. The van der Waals surface area contributed by atoms with Crippen molar-refractivity contribution in [1.82, 2.24) is 0 Å². The molecule has 2 rings (SSSR count). The van der Waals surface area contributed by atoms with E-state index in [-0.39, 0.29) is 4.90 Å². The number of rotatable bonds is 3. The van der Waals surface area contributed by atoms with Gasteiger partial charge in [0.2, 0.25) is 0 Å². The second kappa shape index (κ2) is 5.20. The van der Waals surface area contributed by atoms with E-state index in [0.29, 0.717) is 11.1 Å². The van der Waals surface area contributed by atoms with Gasteiger partial charge in [-0.05, 0) is 35.4 Å². The van der Waals surface area contributed by atoms with E-state index >= 15 is 0 Å². The van der Waals surface area contributed by atoms with Crippen LogP contribution in [0.3, 0.4) is 0 Å². The Labute approximate surface area is 115 Å². The van der Waals surface area contributed by atoms with Crippen LogP contribution in [0.1, 0.15) is 0 Å². The highest BCUT2D eigenvalue weighted by atomic mass is 32.2. The van der Waals surface area contributed by atoms with Gasteiger partial charge in [-0.15, -0.1) is 0 Å². The van der Waals surface area contributed by atoms with Crippen LogP contribution in [0.4, 0.5) is 8.78 Å². The first-order chi connectivity index (χ1) is 9.32. The zero-order valence-corrected chi connectivity index (χ0v) is 11.7. The fourth-order valence-electron chi connectivity index (χ4n) is 1.82. The maximum atomic E-state index is 13.6. The molecular weight excluding hydrogens is 286 g/mol. The lowest BCUT2D eigenvalue weighted by Crippen LogP contribution is -1.97. The molecule has 0 spiro atoms. The highest BCUT2D eigenvalue weighted by Gasteiger charge is 2.13. The van der Waals surface area contributed by atoms with E-state index in [0.717, 1.165) is 18.4 Å². The van der Waals surface area contributed by atoms with E-state index in [4.69, 9.17) is 0 Å². The maximum absolute atomic E-state index is 13.6. The Balaban J connectivity index is 2.47. The van der Waals surface area contributed by atoms with E-state index in [1.807, 2.05) is 0 Å². The molecule has 0 saturated carbocycles. The third-order valence-electron chi connectivity index (χ3n) is 2.82. The summed E-state index contributed by atoms with van der Waals surface area (Å²) in [4.78, 5) is 0.149. The number of ether oxygens (including phenoxy) is 1. The number of methoxy groups -OCH3 is 1. The molecule has 106 valence electrons. The van der Waals surface area contributed by atoms with Gasteiger partial charge < -0.3 is 4.74 Å². The standard InChI is InChI=1S/C14H12F2O3S/c1-19-14-12(15)7-10(8-13(14)16)9-3-5-11(6-4-9)20(2,17)18/h3-8H,1-2H3. The lowest BCUT2D eigenvalue weighted by molar-refractivity contribution is 0.360. The van der Waals surface area contributed by atoms with E-state index in [1.165, 1.54) is 31.4 Å². The molecule has 2 aromatic carbocycles. The number of halogens is 2. The van der Waals surface area contributed by atoms with Crippen LogP contribution in [-0.4, -0.2) is 21.8 Å². The Morgan fingerprint density at radius 1 is 0.950 bits per heavy atom. The summed E-state index contributed by atoms with van der Waals surface area (Å²) in [6, 6.07) is 8.05. The van der Waals surface area contributed by atoms with Gasteiger partial charge in [0.25, 0.3) is 0 Å². The Morgan fingerprint density at radius 3 is 1.85 bits per heavy atom. The number of benzene rings is 2. The van der Waals surface area contributed by atoms with Crippen LogP contribution < -0.4 is 4.74 Å². The molecule has 0 aliphatic rings. The predicted molar refractivity (Wildman–Crippen MR) is 71.5 cm³/mol. The summed E-state index contributed by atoms with van der Waals surface area (Å²) in [6.07, 6.45) is 1.09. The molecule has 20 heavy (non-hydrogen) atoms. The molecule has 0 aliphatic heterocycles. The van der Waals surface area contributed by atoms with Crippen LogP contribution in [0.5, 0.6) is 5.75 Å². The molecule has 0 atom stereocenters. The van der Waals surface area contributed by atoms with Gasteiger partial charge in [0.15, 0.2) is 27.2 Å². The number of hydrogen-bond acceptors (Lipinski definition) is 3. The van der Waals surface area contributed by atoms with Gasteiger partial charge in [0, 0.05) is 6.26 Å². The van der Waals surface area contributed by atoms with Gasteiger partial charge in [-0.3, -0.25) is 0 Å². The predicted octanol–water partition coefficient (Wildman–Crippen LogP) is 3.04. The SMILES string of the molecule is COc1c(F)cc(-c2ccc(S(C)(=O)=O)cc2)cc1F. The summed E-state index contributed by atoms with van der Waals surface area (Å²) in [5.41, 5.74) is 0.818. The van der Waals surface area contributed by atoms with Crippen LogP contribution in [-0.2, 0) is 9.84 Å². The normalized spacial score (nSPS) is 11.4. The van der Waals surface area contributed by atoms with Crippen LogP contribution >= 0.6 is 0 Å². The minimum atomic E-state index is -3.30.